The summed E-state index contributed by atoms with van der Waals surface area (Å²) in [5.41, 5.74) is 17.1. The lowest BCUT2D eigenvalue weighted by atomic mass is 9.91. The van der Waals surface area contributed by atoms with E-state index in [2.05, 4.69) is 35.7 Å². The molecule has 0 saturated heterocycles. The van der Waals surface area contributed by atoms with E-state index in [0.717, 1.165) is 50.3 Å². The fourth-order valence-electron chi connectivity index (χ4n) is 3.74. The Morgan fingerprint density at radius 1 is 0.970 bits per heavy atom. The van der Waals surface area contributed by atoms with Gasteiger partial charge in [-0.2, -0.15) is 0 Å². The van der Waals surface area contributed by atoms with Crippen molar-refractivity contribution >= 4 is 33.4 Å². The second-order valence-electron chi connectivity index (χ2n) is 9.05. The molecule has 8 heteroatoms. The molecular weight excluding hydrogens is 414 g/mol. The highest BCUT2D eigenvalue weighted by Gasteiger charge is 2.17. The molecule has 5 aromatic rings. The van der Waals surface area contributed by atoms with Gasteiger partial charge in [-0.15, -0.1) is 0 Å². The Morgan fingerprint density at radius 3 is 2.64 bits per heavy atom. The highest BCUT2D eigenvalue weighted by molar-refractivity contribution is 5.91. The largest absolute Gasteiger partial charge is 0.489 e. The van der Waals surface area contributed by atoms with Gasteiger partial charge in [0.15, 0.2) is 0 Å². The van der Waals surface area contributed by atoms with E-state index in [1.54, 1.807) is 12.4 Å². The molecule has 0 radical (unpaired) electrons. The molecule has 0 amide bonds. The number of benzene rings is 1. The molecule has 0 saturated carbocycles. The van der Waals surface area contributed by atoms with E-state index in [4.69, 9.17) is 21.2 Å². The first kappa shape index (κ1) is 20.7. The van der Waals surface area contributed by atoms with E-state index < -0.39 is 0 Å². The van der Waals surface area contributed by atoms with Gasteiger partial charge in [-0.1, -0.05) is 20.8 Å². The third-order valence-corrected chi connectivity index (χ3v) is 5.56. The van der Waals surface area contributed by atoms with Crippen molar-refractivity contribution in [1.82, 2.24) is 24.5 Å². The number of nitrogens with two attached hydrogens (primary N) is 2. The molecule has 5 rings (SSSR count). The number of nitrogen functional groups attached to an aromatic ring is 2. The van der Waals surface area contributed by atoms with Crippen molar-refractivity contribution in [2.24, 2.45) is 0 Å². The van der Waals surface area contributed by atoms with Gasteiger partial charge in [0.05, 0.1) is 22.8 Å². The van der Waals surface area contributed by atoms with Crippen molar-refractivity contribution in [2.45, 2.75) is 32.8 Å². The minimum Gasteiger partial charge on any atom is -0.489 e. The summed E-state index contributed by atoms with van der Waals surface area (Å²) in [6.45, 7) is 6.72. The molecule has 4 aromatic heterocycles. The lowest BCUT2D eigenvalue weighted by Crippen LogP contribution is -2.14. The Morgan fingerprint density at radius 2 is 1.82 bits per heavy atom. The van der Waals surface area contributed by atoms with Crippen LogP contribution < -0.4 is 16.2 Å². The van der Waals surface area contributed by atoms with Crippen molar-refractivity contribution in [2.75, 3.05) is 11.5 Å². The summed E-state index contributed by atoms with van der Waals surface area (Å²) in [5.74, 6) is 1.17. The fourth-order valence-corrected chi connectivity index (χ4v) is 3.74. The Kier molecular flexibility index (Phi) is 4.85. The third kappa shape index (κ3) is 3.91. The van der Waals surface area contributed by atoms with Crippen LogP contribution in [0.15, 0.2) is 61.3 Å². The molecule has 1 aromatic carbocycles. The van der Waals surface area contributed by atoms with Crippen molar-refractivity contribution in [3.05, 3.63) is 72.6 Å². The Labute approximate surface area is 191 Å². The number of ether oxygens (including phenoxy) is 1. The molecule has 4 heterocycles. The zero-order valence-electron chi connectivity index (χ0n) is 18.8. The number of pyridine rings is 2. The van der Waals surface area contributed by atoms with Gasteiger partial charge in [0.25, 0.3) is 0 Å². The molecule has 0 unspecified atom stereocenters. The monoisotopic (exact) mass is 439 g/mol. The summed E-state index contributed by atoms with van der Waals surface area (Å²) in [4.78, 5) is 17.6. The van der Waals surface area contributed by atoms with E-state index in [1.165, 1.54) is 6.33 Å². The standard InChI is InChI=1S/C25H25N7O/c1-25(2,3)22-10-20(26)18-5-4-17(9-21(18)31-22)33-13-15-8-16(12-28-11-15)32-7-6-19-23(27)29-14-30-24(19)32/h4-12,14H,13H2,1-3H3,(H2,26,31)(H2,27,29,30). The Hall–Kier alpha value is -4.20. The third-order valence-electron chi connectivity index (χ3n) is 5.56. The van der Waals surface area contributed by atoms with Crippen LogP contribution in [0.4, 0.5) is 11.5 Å². The number of aromatic nitrogens is 5. The van der Waals surface area contributed by atoms with Gasteiger partial charge in [0.2, 0.25) is 0 Å². The van der Waals surface area contributed by atoms with Gasteiger partial charge < -0.3 is 16.2 Å². The van der Waals surface area contributed by atoms with Gasteiger partial charge >= 0.3 is 0 Å². The molecule has 4 N–H and O–H groups in total. The van der Waals surface area contributed by atoms with Crippen LogP contribution in [-0.4, -0.2) is 24.5 Å². The summed E-state index contributed by atoms with van der Waals surface area (Å²) in [6, 6.07) is 11.6. The fraction of sp³-hybridized carbons (Fsp3) is 0.200. The van der Waals surface area contributed by atoms with Crippen LogP contribution in [0.1, 0.15) is 32.0 Å². The Balaban J connectivity index is 1.41. The van der Waals surface area contributed by atoms with E-state index in [9.17, 15) is 0 Å². The van der Waals surface area contributed by atoms with Crippen molar-refractivity contribution in [3.63, 3.8) is 0 Å². The first-order valence-corrected chi connectivity index (χ1v) is 10.6. The summed E-state index contributed by atoms with van der Waals surface area (Å²) in [7, 11) is 0. The van der Waals surface area contributed by atoms with Crippen molar-refractivity contribution < 1.29 is 4.74 Å². The van der Waals surface area contributed by atoms with Gasteiger partial charge in [0, 0.05) is 46.2 Å². The molecule has 0 atom stereocenters. The van der Waals surface area contributed by atoms with Crippen LogP contribution in [0.25, 0.3) is 27.6 Å². The normalized spacial score (nSPS) is 11.8. The summed E-state index contributed by atoms with van der Waals surface area (Å²) < 4.78 is 8.00. The van der Waals surface area contributed by atoms with Gasteiger partial charge in [-0.3, -0.25) is 14.5 Å². The van der Waals surface area contributed by atoms with Crippen LogP contribution in [0.3, 0.4) is 0 Å². The Bertz CT molecular complexity index is 1480. The number of hydrogen-bond donors (Lipinski definition) is 2. The number of hydrogen-bond acceptors (Lipinski definition) is 7. The van der Waals surface area contributed by atoms with Crippen molar-refractivity contribution in [3.8, 4) is 11.4 Å². The molecule has 0 bridgehead atoms. The number of fused-ring (bicyclic) bond motifs is 2. The molecular formula is C25H25N7O. The summed E-state index contributed by atoms with van der Waals surface area (Å²) in [6.07, 6.45) is 6.93. The second-order valence-corrected chi connectivity index (χ2v) is 9.05. The number of nitrogens with zero attached hydrogens (tertiary/aromatic N) is 5. The van der Waals surface area contributed by atoms with Crippen LogP contribution in [0.5, 0.6) is 5.75 Å². The zero-order valence-corrected chi connectivity index (χ0v) is 18.8. The number of anilines is 2. The maximum atomic E-state index is 6.27. The van der Waals surface area contributed by atoms with Gasteiger partial charge in [0.1, 0.15) is 30.1 Å². The van der Waals surface area contributed by atoms with Crippen molar-refractivity contribution in [1.29, 1.82) is 0 Å². The second kappa shape index (κ2) is 7.74. The topological polar surface area (TPSA) is 118 Å². The molecule has 0 aliphatic heterocycles. The quantitative estimate of drug-likeness (QED) is 0.426. The molecule has 0 spiro atoms. The first-order valence-electron chi connectivity index (χ1n) is 10.6. The molecule has 0 fully saturated rings. The average molecular weight is 440 g/mol. The molecule has 8 nitrogen and oxygen atoms in total. The van der Waals surface area contributed by atoms with Gasteiger partial charge in [-0.05, 0) is 30.3 Å². The maximum Gasteiger partial charge on any atom is 0.150 e. The van der Waals surface area contributed by atoms with E-state index in [1.807, 2.05) is 47.2 Å². The lowest BCUT2D eigenvalue weighted by Gasteiger charge is -2.19. The maximum absolute atomic E-state index is 6.27. The smallest absolute Gasteiger partial charge is 0.150 e. The molecule has 33 heavy (non-hydrogen) atoms. The average Bonchev–Trinajstić information content (AvgIpc) is 3.23. The predicted molar refractivity (Wildman–Crippen MR) is 130 cm³/mol. The van der Waals surface area contributed by atoms with Crippen LogP contribution >= 0.6 is 0 Å². The predicted octanol–water partition coefficient (Wildman–Crippen LogP) is 4.40. The SMILES string of the molecule is CC(C)(C)c1cc(N)c2ccc(OCc3cncc(-n4ccc5c(N)ncnc54)c3)cc2n1. The molecule has 166 valence electrons. The van der Waals surface area contributed by atoms with Gasteiger partial charge in [-0.25, -0.2) is 9.97 Å². The summed E-state index contributed by atoms with van der Waals surface area (Å²) in [5, 5.41) is 1.72. The van der Waals surface area contributed by atoms with E-state index >= 15 is 0 Å². The minimum absolute atomic E-state index is 0.0937. The van der Waals surface area contributed by atoms with Crippen LogP contribution in [0, 0.1) is 0 Å². The first-order chi connectivity index (χ1) is 15.8. The molecule has 0 aliphatic carbocycles. The zero-order chi connectivity index (χ0) is 23.2. The van der Waals surface area contributed by atoms with Crippen LogP contribution in [-0.2, 0) is 12.0 Å². The van der Waals surface area contributed by atoms with Crippen LogP contribution in [0.2, 0.25) is 0 Å². The minimum atomic E-state index is -0.0937. The highest BCUT2D eigenvalue weighted by Crippen LogP contribution is 2.30. The summed E-state index contributed by atoms with van der Waals surface area (Å²) >= 11 is 0. The van der Waals surface area contributed by atoms with E-state index in [-0.39, 0.29) is 5.41 Å². The molecule has 0 aliphatic rings. The number of rotatable bonds is 4. The highest BCUT2D eigenvalue weighted by atomic mass is 16.5. The van der Waals surface area contributed by atoms with E-state index in [0.29, 0.717) is 12.4 Å². The lowest BCUT2D eigenvalue weighted by molar-refractivity contribution is 0.306.